The van der Waals surface area contributed by atoms with E-state index in [-0.39, 0.29) is 6.04 Å². The topological polar surface area (TPSA) is 51.2 Å². The summed E-state index contributed by atoms with van der Waals surface area (Å²) in [6.07, 6.45) is 6.55. The predicted octanol–water partition coefficient (Wildman–Crippen LogP) is 5.94. The summed E-state index contributed by atoms with van der Waals surface area (Å²) < 4.78 is 6.57. The maximum absolute atomic E-state index is 12.4. The minimum Gasteiger partial charge on any atom is -0.444 e. The summed E-state index contributed by atoms with van der Waals surface area (Å²) in [5.74, 6) is 0.341. The number of amides is 1. The van der Waals surface area contributed by atoms with Gasteiger partial charge in [-0.15, -0.1) is 11.3 Å². The molecule has 0 saturated heterocycles. The molecular weight excluding hydrogens is 356 g/mol. The second-order valence-corrected chi connectivity index (χ2v) is 8.93. The quantitative estimate of drug-likeness (QED) is 0.712. The molecule has 3 rings (SSSR count). The molecule has 0 saturated carbocycles. The van der Waals surface area contributed by atoms with Crippen LogP contribution >= 0.6 is 11.3 Å². The summed E-state index contributed by atoms with van der Waals surface area (Å²) in [5.41, 5.74) is 2.60. The van der Waals surface area contributed by atoms with Gasteiger partial charge in [0.15, 0.2) is 0 Å². The molecule has 0 bridgehead atoms. The summed E-state index contributed by atoms with van der Waals surface area (Å²) in [7, 11) is 0. The fourth-order valence-electron chi connectivity index (χ4n) is 2.86. The minimum absolute atomic E-state index is 0.255. The van der Waals surface area contributed by atoms with Crippen LogP contribution in [0.25, 0.3) is 10.2 Å². The van der Waals surface area contributed by atoms with Crippen LogP contribution in [0.4, 0.5) is 4.79 Å². The number of alkyl carbamates (subject to hydrolysis) is 1. The highest BCUT2D eigenvalue weighted by Gasteiger charge is 2.24. The van der Waals surface area contributed by atoms with Crippen molar-refractivity contribution in [2.75, 3.05) is 0 Å². The molecule has 0 radical (unpaired) electrons. The molecule has 1 N–H and O–H groups in total. The molecule has 0 fully saturated rings. The van der Waals surface area contributed by atoms with Crippen LogP contribution in [0.5, 0.6) is 0 Å². The summed E-state index contributed by atoms with van der Waals surface area (Å²) in [5, 5.41) is 3.88. The molecule has 27 heavy (non-hydrogen) atoms. The molecule has 1 aliphatic carbocycles. The number of hydrogen-bond donors (Lipinski definition) is 1. The summed E-state index contributed by atoms with van der Waals surface area (Å²) >= 11 is 1.60. The summed E-state index contributed by atoms with van der Waals surface area (Å²) in [6, 6.07) is 7.75. The van der Waals surface area contributed by atoms with E-state index in [1.807, 2.05) is 45.0 Å². The molecule has 0 aliphatic heterocycles. The van der Waals surface area contributed by atoms with Gasteiger partial charge in [-0.1, -0.05) is 43.9 Å². The van der Waals surface area contributed by atoms with E-state index in [0.29, 0.717) is 12.3 Å². The van der Waals surface area contributed by atoms with Crippen molar-refractivity contribution in [1.82, 2.24) is 10.3 Å². The normalized spacial score (nSPS) is 18.3. The first kappa shape index (κ1) is 19.4. The monoisotopic (exact) mass is 382 g/mol. The maximum Gasteiger partial charge on any atom is 0.408 e. The molecule has 2 aromatic rings. The second kappa shape index (κ2) is 7.69. The SMILES string of the molecule is C=C1C=C(CC(NC(=O)OC(C)(C)C)c2nc3ccccc3s2)C=CC1C. The van der Waals surface area contributed by atoms with Gasteiger partial charge in [0.2, 0.25) is 0 Å². The zero-order chi connectivity index (χ0) is 19.6. The van der Waals surface area contributed by atoms with Crippen LogP contribution in [0.15, 0.2) is 60.2 Å². The van der Waals surface area contributed by atoms with Crippen LogP contribution in [0, 0.1) is 5.92 Å². The number of benzene rings is 1. The van der Waals surface area contributed by atoms with Crippen molar-refractivity contribution in [3.8, 4) is 0 Å². The molecule has 1 heterocycles. The van der Waals surface area contributed by atoms with E-state index in [0.717, 1.165) is 26.4 Å². The van der Waals surface area contributed by atoms with E-state index in [4.69, 9.17) is 9.72 Å². The smallest absolute Gasteiger partial charge is 0.408 e. The van der Waals surface area contributed by atoms with Crippen LogP contribution in [0.2, 0.25) is 0 Å². The maximum atomic E-state index is 12.4. The van der Waals surface area contributed by atoms with Crippen molar-refractivity contribution in [3.63, 3.8) is 0 Å². The molecule has 5 heteroatoms. The number of nitrogens with zero attached hydrogens (tertiary/aromatic N) is 1. The Morgan fingerprint density at radius 3 is 2.78 bits per heavy atom. The van der Waals surface area contributed by atoms with E-state index in [2.05, 4.69) is 37.0 Å². The lowest BCUT2D eigenvalue weighted by Gasteiger charge is -2.24. The fraction of sp³-hybridized carbons (Fsp3) is 0.364. The third-order valence-corrected chi connectivity index (χ3v) is 5.44. The number of carbonyl (C=O) groups is 1. The number of ether oxygens (including phenoxy) is 1. The number of rotatable bonds is 4. The Bertz CT molecular complexity index is 885. The Morgan fingerprint density at radius 2 is 2.11 bits per heavy atom. The highest BCUT2D eigenvalue weighted by Crippen LogP contribution is 2.32. The van der Waals surface area contributed by atoms with Gasteiger partial charge in [0.05, 0.1) is 16.3 Å². The largest absolute Gasteiger partial charge is 0.444 e. The molecular formula is C22H26N2O2S. The van der Waals surface area contributed by atoms with Crippen molar-refractivity contribution >= 4 is 27.6 Å². The Balaban J connectivity index is 1.86. The van der Waals surface area contributed by atoms with Crippen molar-refractivity contribution in [3.05, 3.63) is 65.2 Å². The lowest BCUT2D eigenvalue weighted by molar-refractivity contribution is 0.0503. The lowest BCUT2D eigenvalue weighted by atomic mass is 9.91. The molecule has 1 aromatic carbocycles. The average molecular weight is 383 g/mol. The second-order valence-electron chi connectivity index (χ2n) is 7.86. The number of thiazole rings is 1. The Hall–Kier alpha value is -2.40. The minimum atomic E-state index is -0.546. The number of carbonyl (C=O) groups excluding carboxylic acids is 1. The van der Waals surface area contributed by atoms with Crippen LogP contribution in [0.3, 0.4) is 0 Å². The van der Waals surface area contributed by atoms with E-state index in [1.165, 1.54) is 0 Å². The zero-order valence-corrected chi connectivity index (χ0v) is 17.1. The van der Waals surface area contributed by atoms with Gasteiger partial charge in [-0.2, -0.15) is 0 Å². The van der Waals surface area contributed by atoms with E-state index in [1.54, 1.807) is 11.3 Å². The van der Waals surface area contributed by atoms with Gasteiger partial charge in [0.1, 0.15) is 10.6 Å². The number of nitrogens with one attached hydrogen (secondary N) is 1. The highest BCUT2D eigenvalue weighted by atomic mass is 32.1. The van der Waals surface area contributed by atoms with Crippen LogP contribution in [0.1, 0.15) is 45.2 Å². The predicted molar refractivity (Wildman–Crippen MR) is 112 cm³/mol. The van der Waals surface area contributed by atoms with Crippen LogP contribution in [-0.2, 0) is 4.74 Å². The molecule has 4 nitrogen and oxygen atoms in total. The zero-order valence-electron chi connectivity index (χ0n) is 16.3. The number of hydrogen-bond acceptors (Lipinski definition) is 4. The van der Waals surface area contributed by atoms with Crippen molar-refractivity contribution < 1.29 is 9.53 Å². The Labute approximate surface area is 164 Å². The first-order chi connectivity index (χ1) is 12.7. The molecule has 142 valence electrons. The van der Waals surface area contributed by atoms with Gasteiger partial charge in [0, 0.05) is 0 Å². The summed E-state index contributed by atoms with van der Waals surface area (Å²) in [4.78, 5) is 17.1. The van der Waals surface area contributed by atoms with Gasteiger partial charge >= 0.3 is 6.09 Å². The van der Waals surface area contributed by atoms with Crippen molar-refractivity contribution in [2.24, 2.45) is 5.92 Å². The highest BCUT2D eigenvalue weighted by molar-refractivity contribution is 7.18. The van der Waals surface area contributed by atoms with Gasteiger partial charge in [0.25, 0.3) is 0 Å². The van der Waals surface area contributed by atoms with Crippen molar-refractivity contribution in [2.45, 2.75) is 45.8 Å². The van der Waals surface area contributed by atoms with Crippen molar-refractivity contribution in [1.29, 1.82) is 0 Å². The molecule has 1 aliphatic rings. The first-order valence-electron chi connectivity index (χ1n) is 9.14. The average Bonchev–Trinajstić information content (AvgIpc) is 3.00. The molecule has 2 unspecified atom stereocenters. The van der Waals surface area contributed by atoms with Gasteiger partial charge in [-0.05, 0) is 56.4 Å². The van der Waals surface area contributed by atoms with Crippen LogP contribution in [-0.4, -0.2) is 16.7 Å². The van der Waals surface area contributed by atoms with Crippen LogP contribution < -0.4 is 5.32 Å². The number of para-hydroxylation sites is 1. The molecule has 2 atom stereocenters. The number of aromatic nitrogens is 1. The number of fused-ring (bicyclic) bond motifs is 1. The lowest BCUT2D eigenvalue weighted by Crippen LogP contribution is -2.35. The van der Waals surface area contributed by atoms with Gasteiger partial charge in [-0.3, -0.25) is 0 Å². The van der Waals surface area contributed by atoms with Gasteiger partial charge in [-0.25, -0.2) is 9.78 Å². The van der Waals surface area contributed by atoms with Gasteiger partial charge < -0.3 is 10.1 Å². The number of allylic oxidation sites excluding steroid dienone is 4. The first-order valence-corrected chi connectivity index (χ1v) is 9.95. The summed E-state index contributed by atoms with van der Waals surface area (Å²) in [6.45, 7) is 11.8. The fourth-order valence-corrected chi connectivity index (χ4v) is 3.88. The van der Waals surface area contributed by atoms with E-state index < -0.39 is 11.7 Å². The molecule has 1 amide bonds. The molecule has 1 aromatic heterocycles. The van der Waals surface area contributed by atoms with E-state index in [9.17, 15) is 4.79 Å². The third kappa shape index (κ3) is 5.07. The Morgan fingerprint density at radius 1 is 1.37 bits per heavy atom. The molecule has 0 spiro atoms. The third-order valence-electron chi connectivity index (χ3n) is 4.29. The Kier molecular flexibility index (Phi) is 5.51. The standard InChI is InChI=1S/C22H26N2O2S/c1-14-10-11-16(12-15(14)2)13-18(24-21(25)26-22(3,4)5)20-23-17-8-6-7-9-19(17)27-20/h6-12,14,18H,2,13H2,1,3-5H3,(H,24,25). The van der Waals surface area contributed by atoms with E-state index >= 15 is 0 Å².